The minimum Gasteiger partial charge on any atom is -0.487 e. The quantitative estimate of drug-likeness (QED) is 0.455. The standard InChI is InChI=1S/C20H15N7O2S/c28-20(19-17(7-9-30-19)27-13-21-24-25-27)23-14-4-3-5-16(10-14)29-12-15-11-26-8-2-1-6-18(26)22-15/h1-11,13H,12H2,(H,23,28). The number of thiophene rings is 1. The molecule has 0 aliphatic carbocycles. The summed E-state index contributed by atoms with van der Waals surface area (Å²) in [6.45, 7) is 0.327. The van der Waals surface area contributed by atoms with Crippen LogP contribution in [0.2, 0.25) is 0 Å². The van der Waals surface area contributed by atoms with Gasteiger partial charge in [-0.25, -0.2) is 4.98 Å². The average Bonchev–Trinajstić information content (AvgIpc) is 3.52. The lowest BCUT2D eigenvalue weighted by Gasteiger charge is -2.09. The maximum absolute atomic E-state index is 12.7. The third-order valence-corrected chi connectivity index (χ3v) is 5.24. The van der Waals surface area contributed by atoms with E-state index in [9.17, 15) is 4.79 Å². The fraction of sp³-hybridized carbons (Fsp3) is 0.0500. The van der Waals surface area contributed by atoms with Gasteiger partial charge < -0.3 is 14.5 Å². The number of nitrogens with one attached hydrogen (secondary N) is 1. The number of carbonyl (C=O) groups excluding carboxylic acids is 1. The first-order valence-electron chi connectivity index (χ1n) is 9.04. The Bertz CT molecular complexity index is 1280. The minimum absolute atomic E-state index is 0.243. The highest BCUT2D eigenvalue weighted by molar-refractivity contribution is 7.12. The van der Waals surface area contributed by atoms with Gasteiger partial charge in [-0.2, -0.15) is 4.68 Å². The molecule has 0 fully saturated rings. The molecule has 1 aromatic carbocycles. The number of benzene rings is 1. The molecule has 0 atom stereocenters. The van der Waals surface area contributed by atoms with Gasteiger partial charge in [0.1, 0.15) is 29.2 Å². The molecule has 9 nitrogen and oxygen atoms in total. The summed E-state index contributed by atoms with van der Waals surface area (Å²) in [6.07, 6.45) is 5.32. The van der Waals surface area contributed by atoms with Gasteiger partial charge >= 0.3 is 0 Å². The van der Waals surface area contributed by atoms with Crippen LogP contribution in [0, 0.1) is 0 Å². The van der Waals surface area contributed by atoms with Gasteiger partial charge in [0, 0.05) is 24.1 Å². The SMILES string of the molecule is O=C(Nc1cccc(OCc2cn3ccccc3n2)c1)c1sccc1-n1cnnn1. The average molecular weight is 417 g/mol. The lowest BCUT2D eigenvalue weighted by Crippen LogP contribution is -2.13. The number of amides is 1. The molecule has 30 heavy (non-hydrogen) atoms. The summed E-state index contributed by atoms with van der Waals surface area (Å²) in [5, 5.41) is 15.8. The number of hydrogen-bond acceptors (Lipinski definition) is 7. The number of anilines is 1. The second-order valence-corrected chi connectivity index (χ2v) is 7.27. The number of imidazole rings is 1. The van der Waals surface area contributed by atoms with E-state index in [0.29, 0.717) is 28.6 Å². The molecule has 0 aliphatic rings. The number of aromatic nitrogens is 6. The van der Waals surface area contributed by atoms with E-state index in [0.717, 1.165) is 11.3 Å². The molecular weight excluding hydrogens is 402 g/mol. The van der Waals surface area contributed by atoms with Crippen molar-refractivity contribution in [3.8, 4) is 11.4 Å². The largest absolute Gasteiger partial charge is 0.487 e. The molecule has 5 rings (SSSR count). The van der Waals surface area contributed by atoms with Gasteiger partial charge in [0.15, 0.2) is 0 Å². The molecule has 148 valence electrons. The first-order valence-corrected chi connectivity index (χ1v) is 9.92. The summed E-state index contributed by atoms with van der Waals surface area (Å²) >= 11 is 1.32. The van der Waals surface area contributed by atoms with E-state index < -0.39 is 0 Å². The number of ether oxygens (including phenoxy) is 1. The summed E-state index contributed by atoms with van der Waals surface area (Å²) in [5.41, 5.74) is 2.94. The third-order valence-electron chi connectivity index (χ3n) is 4.34. The van der Waals surface area contributed by atoms with Crippen molar-refractivity contribution >= 4 is 28.6 Å². The normalized spacial score (nSPS) is 10.9. The van der Waals surface area contributed by atoms with Crippen LogP contribution >= 0.6 is 11.3 Å². The van der Waals surface area contributed by atoms with Crippen LogP contribution < -0.4 is 10.1 Å². The molecule has 1 amide bonds. The van der Waals surface area contributed by atoms with Crippen molar-refractivity contribution in [1.82, 2.24) is 29.6 Å². The summed E-state index contributed by atoms with van der Waals surface area (Å²) in [7, 11) is 0. The molecule has 0 saturated carbocycles. The zero-order valence-corrected chi connectivity index (χ0v) is 16.4. The molecule has 0 saturated heterocycles. The Morgan fingerprint density at radius 3 is 3.00 bits per heavy atom. The van der Waals surface area contributed by atoms with Gasteiger partial charge in [-0.15, -0.1) is 16.4 Å². The molecule has 10 heteroatoms. The lowest BCUT2D eigenvalue weighted by atomic mass is 10.3. The van der Waals surface area contributed by atoms with Crippen molar-refractivity contribution in [3.05, 3.63) is 83.2 Å². The van der Waals surface area contributed by atoms with Crippen molar-refractivity contribution < 1.29 is 9.53 Å². The second-order valence-electron chi connectivity index (χ2n) is 6.36. The van der Waals surface area contributed by atoms with E-state index in [1.807, 2.05) is 52.5 Å². The van der Waals surface area contributed by atoms with Crippen molar-refractivity contribution in [2.75, 3.05) is 5.32 Å². The molecule has 0 bridgehead atoms. The molecule has 0 spiro atoms. The first kappa shape index (κ1) is 18.0. The number of nitrogens with zero attached hydrogens (tertiary/aromatic N) is 6. The van der Waals surface area contributed by atoms with Gasteiger partial charge in [0.2, 0.25) is 0 Å². The van der Waals surface area contributed by atoms with Crippen LogP contribution in [0.4, 0.5) is 5.69 Å². The monoisotopic (exact) mass is 417 g/mol. The fourth-order valence-electron chi connectivity index (χ4n) is 2.99. The van der Waals surface area contributed by atoms with E-state index in [1.54, 1.807) is 18.2 Å². The molecule has 4 aromatic heterocycles. The van der Waals surface area contributed by atoms with Gasteiger partial charge in [-0.1, -0.05) is 12.1 Å². The number of carbonyl (C=O) groups is 1. The van der Waals surface area contributed by atoms with E-state index in [2.05, 4.69) is 25.8 Å². The molecule has 1 N–H and O–H groups in total. The Kier molecular flexibility index (Phi) is 4.66. The van der Waals surface area contributed by atoms with Crippen molar-refractivity contribution in [2.45, 2.75) is 6.61 Å². The third kappa shape index (κ3) is 3.63. The molecule has 4 heterocycles. The highest BCUT2D eigenvalue weighted by atomic mass is 32.1. The van der Waals surface area contributed by atoms with Crippen molar-refractivity contribution in [2.24, 2.45) is 0 Å². The van der Waals surface area contributed by atoms with Crippen LogP contribution in [0.1, 0.15) is 15.4 Å². The highest BCUT2D eigenvalue weighted by Crippen LogP contribution is 2.23. The Morgan fingerprint density at radius 1 is 1.17 bits per heavy atom. The summed E-state index contributed by atoms with van der Waals surface area (Å²) < 4.78 is 9.26. The Balaban J connectivity index is 1.28. The van der Waals surface area contributed by atoms with Gasteiger partial charge in [-0.3, -0.25) is 4.79 Å². The van der Waals surface area contributed by atoms with E-state index >= 15 is 0 Å². The Hall–Kier alpha value is -4.05. The highest BCUT2D eigenvalue weighted by Gasteiger charge is 2.16. The molecule has 0 radical (unpaired) electrons. The van der Waals surface area contributed by atoms with Crippen LogP contribution in [0.3, 0.4) is 0 Å². The summed E-state index contributed by atoms with van der Waals surface area (Å²) in [5.74, 6) is 0.393. The number of rotatable bonds is 6. The first-order chi connectivity index (χ1) is 14.8. The minimum atomic E-state index is -0.243. The zero-order valence-electron chi connectivity index (χ0n) is 15.5. The van der Waals surface area contributed by atoms with E-state index in [4.69, 9.17) is 4.74 Å². The predicted molar refractivity (Wildman–Crippen MR) is 111 cm³/mol. The van der Waals surface area contributed by atoms with Crippen molar-refractivity contribution in [3.63, 3.8) is 0 Å². The number of hydrogen-bond donors (Lipinski definition) is 1. The van der Waals surface area contributed by atoms with Crippen LogP contribution in [-0.2, 0) is 6.61 Å². The Morgan fingerprint density at radius 2 is 2.13 bits per heavy atom. The number of tetrazole rings is 1. The molecule has 5 aromatic rings. The van der Waals surface area contributed by atoms with Crippen LogP contribution in [0.25, 0.3) is 11.3 Å². The van der Waals surface area contributed by atoms with E-state index in [1.165, 1.54) is 22.3 Å². The van der Waals surface area contributed by atoms with Gasteiger partial charge in [0.05, 0.1) is 11.4 Å². The number of fused-ring (bicyclic) bond motifs is 1. The smallest absolute Gasteiger partial charge is 0.267 e. The maximum atomic E-state index is 12.7. The van der Waals surface area contributed by atoms with Crippen LogP contribution in [0.5, 0.6) is 5.75 Å². The predicted octanol–water partition coefficient (Wildman–Crippen LogP) is 3.20. The van der Waals surface area contributed by atoms with Gasteiger partial charge in [0.25, 0.3) is 5.91 Å². The summed E-state index contributed by atoms with van der Waals surface area (Å²) in [4.78, 5) is 17.8. The van der Waals surface area contributed by atoms with E-state index in [-0.39, 0.29) is 5.91 Å². The maximum Gasteiger partial charge on any atom is 0.267 e. The number of pyridine rings is 1. The lowest BCUT2D eigenvalue weighted by molar-refractivity contribution is 0.103. The van der Waals surface area contributed by atoms with Crippen molar-refractivity contribution in [1.29, 1.82) is 0 Å². The zero-order chi connectivity index (χ0) is 20.3. The summed E-state index contributed by atoms with van der Waals surface area (Å²) in [6, 6.07) is 14.9. The van der Waals surface area contributed by atoms with Crippen LogP contribution in [0.15, 0.2) is 72.6 Å². The molecule has 0 unspecified atom stereocenters. The topological polar surface area (TPSA) is 99.2 Å². The van der Waals surface area contributed by atoms with Crippen LogP contribution in [-0.4, -0.2) is 35.5 Å². The fourth-order valence-corrected chi connectivity index (χ4v) is 3.76. The van der Waals surface area contributed by atoms with Gasteiger partial charge in [-0.05, 0) is 46.1 Å². The Labute approximate surface area is 174 Å². The second kappa shape index (κ2) is 7.76. The molecule has 0 aliphatic heterocycles. The molecular formula is C20H15N7O2S.